The first-order valence-electron chi connectivity index (χ1n) is 10.8. The monoisotopic (exact) mass is 490 g/mol. The molecule has 0 unspecified atom stereocenters. The van der Waals surface area contributed by atoms with Gasteiger partial charge in [-0.1, -0.05) is 24.3 Å². The number of carbonyl (C=O) groups excluding carboxylic acids is 2. The number of amides is 2. The van der Waals surface area contributed by atoms with Gasteiger partial charge < -0.3 is 24.4 Å². The second-order valence-electron chi connectivity index (χ2n) is 8.06. The van der Waals surface area contributed by atoms with E-state index in [9.17, 15) is 18.0 Å². The molecule has 0 aromatic heterocycles. The molecule has 0 saturated carbocycles. The van der Waals surface area contributed by atoms with Crippen LogP contribution in [0.5, 0.6) is 17.2 Å². The average Bonchev–Trinajstić information content (AvgIpc) is 3.14. The molecular formula is C24H30N2O7S. The summed E-state index contributed by atoms with van der Waals surface area (Å²) < 4.78 is 39.7. The Hall–Kier alpha value is -3.27. The minimum atomic E-state index is -3.31. The molecule has 2 amide bonds. The molecule has 1 aliphatic heterocycles. The summed E-state index contributed by atoms with van der Waals surface area (Å²) in [5.74, 6) is 0.625. The maximum Gasteiger partial charge on any atom is 0.255 e. The van der Waals surface area contributed by atoms with Crippen LogP contribution in [0.25, 0.3) is 0 Å². The summed E-state index contributed by atoms with van der Waals surface area (Å²) in [6.07, 6.45) is 1.57. The van der Waals surface area contributed by atoms with Crippen molar-refractivity contribution in [1.82, 2.24) is 10.2 Å². The molecule has 0 saturated heterocycles. The molecule has 0 radical (unpaired) electrons. The topological polar surface area (TPSA) is 111 Å². The van der Waals surface area contributed by atoms with Crippen LogP contribution in [0.4, 0.5) is 0 Å². The molecular weight excluding hydrogens is 460 g/mol. The van der Waals surface area contributed by atoms with E-state index >= 15 is 0 Å². The lowest BCUT2D eigenvalue weighted by atomic mass is 10.1. The fourth-order valence-corrected chi connectivity index (χ4v) is 4.73. The van der Waals surface area contributed by atoms with Gasteiger partial charge in [0.25, 0.3) is 5.91 Å². The third kappa shape index (κ3) is 5.61. The molecule has 184 valence electrons. The molecule has 3 rings (SSSR count). The van der Waals surface area contributed by atoms with Crippen molar-refractivity contribution in [1.29, 1.82) is 0 Å². The van der Waals surface area contributed by atoms with E-state index in [0.717, 1.165) is 17.4 Å². The predicted octanol–water partition coefficient (Wildman–Crippen LogP) is 1.83. The van der Waals surface area contributed by atoms with Gasteiger partial charge >= 0.3 is 0 Å². The molecule has 1 N–H and O–H groups in total. The molecule has 1 aliphatic rings. The highest BCUT2D eigenvalue weighted by Crippen LogP contribution is 2.39. The van der Waals surface area contributed by atoms with Gasteiger partial charge in [-0.15, -0.1) is 0 Å². The molecule has 2 aromatic carbocycles. The standard InChI is InChI=1S/C24H30N2O7S/c1-31-20-10-9-16(21(32-2)22(20)33-3)11-13-25-23(27)19(12-14-34(4,29)30)26-15-17-7-5-6-8-18(17)24(26)28/h5-10,19H,11-15H2,1-4H3,(H,25,27)/t19-/m1/s1. The summed E-state index contributed by atoms with van der Waals surface area (Å²) in [5, 5.41) is 2.85. The summed E-state index contributed by atoms with van der Waals surface area (Å²) in [4.78, 5) is 27.5. The van der Waals surface area contributed by atoms with E-state index in [4.69, 9.17) is 14.2 Å². The molecule has 10 heteroatoms. The molecule has 9 nitrogen and oxygen atoms in total. The maximum atomic E-state index is 13.1. The van der Waals surface area contributed by atoms with Crippen molar-refractivity contribution in [2.45, 2.75) is 25.4 Å². The van der Waals surface area contributed by atoms with Gasteiger partial charge in [-0.25, -0.2) is 8.42 Å². The van der Waals surface area contributed by atoms with Gasteiger partial charge in [0.1, 0.15) is 15.9 Å². The fourth-order valence-electron chi connectivity index (χ4n) is 4.08. The highest BCUT2D eigenvalue weighted by molar-refractivity contribution is 7.90. The van der Waals surface area contributed by atoms with Gasteiger partial charge in [0.15, 0.2) is 11.5 Å². The Morgan fingerprint density at radius 1 is 1.06 bits per heavy atom. The quantitative estimate of drug-likeness (QED) is 0.512. The van der Waals surface area contributed by atoms with Crippen LogP contribution in [-0.4, -0.2) is 71.1 Å². The van der Waals surface area contributed by atoms with Gasteiger partial charge in [0.2, 0.25) is 11.7 Å². The zero-order valence-corrected chi connectivity index (χ0v) is 20.6. The Morgan fingerprint density at radius 2 is 1.76 bits per heavy atom. The second kappa shape index (κ2) is 10.8. The Morgan fingerprint density at radius 3 is 2.38 bits per heavy atom. The van der Waals surface area contributed by atoms with Crippen LogP contribution in [0.3, 0.4) is 0 Å². The van der Waals surface area contributed by atoms with Crippen LogP contribution in [0.2, 0.25) is 0 Å². The van der Waals surface area contributed by atoms with Gasteiger partial charge in [0, 0.05) is 30.5 Å². The summed E-state index contributed by atoms with van der Waals surface area (Å²) in [7, 11) is 1.26. The van der Waals surface area contributed by atoms with E-state index in [1.54, 1.807) is 18.2 Å². The molecule has 1 heterocycles. The van der Waals surface area contributed by atoms with Gasteiger partial charge in [0.05, 0.1) is 27.1 Å². The van der Waals surface area contributed by atoms with Crippen LogP contribution in [0.1, 0.15) is 27.9 Å². The van der Waals surface area contributed by atoms with Crippen molar-refractivity contribution >= 4 is 21.7 Å². The van der Waals surface area contributed by atoms with Crippen LogP contribution in [0, 0.1) is 0 Å². The number of hydrogen-bond acceptors (Lipinski definition) is 7. The zero-order chi connectivity index (χ0) is 24.9. The highest BCUT2D eigenvalue weighted by atomic mass is 32.2. The first kappa shape index (κ1) is 25.4. The van der Waals surface area contributed by atoms with Crippen LogP contribution < -0.4 is 19.5 Å². The molecule has 0 aliphatic carbocycles. The van der Waals surface area contributed by atoms with E-state index in [1.165, 1.54) is 26.2 Å². The predicted molar refractivity (Wildman–Crippen MR) is 127 cm³/mol. The van der Waals surface area contributed by atoms with Crippen LogP contribution in [0.15, 0.2) is 36.4 Å². The van der Waals surface area contributed by atoms with E-state index in [1.807, 2.05) is 18.2 Å². The molecule has 34 heavy (non-hydrogen) atoms. The summed E-state index contributed by atoms with van der Waals surface area (Å²) in [6, 6.07) is 9.83. The van der Waals surface area contributed by atoms with Gasteiger partial charge in [-0.05, 0) is 30.5 Å². The van der Waals surface area contributed by atoms with E-state index in [0.29, 0.717) is 29.2 Å². The normalized spacial score (nSPS) is 13.9. The molecule has 1 atom stereocenters. The average molecular weight is 491 g/mol. The van der Waals surface area contributed by atoms with Crippen LogP contribution >= 0.6 is 0 Å². The Kier molecular flexibility index (Phi) is 8.03. The summed E-state index contributed by atoms with van der Waals surface area (Å²) >= 11 is 0. The molecule has 2 aromatic rings. The minimum absolute atomic E-state index is 0.0179. The van der Waals surface area contributed by atoms with Gasteiger partial charge in [-0.3, -0.25) is 9.59 Å². The number of methoxy groups -OCH3 is 3. The Balaban J connectivity index is 1.74. The highest BCUT2D eigenvalue weighted by Gasteiger charge is 2.36. The largest absolute Gasteiger partial charge is 0.493 e. The number of ether oxygens (including phenoxy) is 3. The fraction of sp³-hybridized carbons (Fsp3) is 0.417. The Bertz CT molecular complexity index is 1160. The minimum Gasteiger partial charge on any atom is -0.493 e. The van der Waals surface area contributed by atoms with Crippen molar-refractivity contribution in [3.63, 3.8) is 0 Å². The first-order valence-corrected chi connectivity index (χ1v) is 12.9. The third-order valence-electron chi connectivity index (χ3n) is 5.77. The second-order valence-corrected chi connectivity index (χ2v) is 10.3. The maximum absolute atomic E-state index is 13.1. The lowest BCUT2D eigenvalue weighted by Crippen LogP contribution is -2.48. The van der Waals surface area contributed by atoms with E-state index < -0.39 is 21.8 Å². The van der Waals surface area contributed by atoms with Crippen LogP contribution in [-0.2, 0) is 27.6 Å². The van der Waals surface area contributed by atoms with Crippen molar-refractivity contribution in [3.05, 3.63) is 53.1 Å². The number of hydrogen-bond donors (Lipinski definition) is 1. The molecule has 0 bridgehead atoms. The first-order chi connectivity index (χ1) is 16.2. The molecule has 0 spiro atoms. The number of nitrogens with one attached hydrogen (secondary N) is 1. The summed E-state index contributed by atoms with van der Waals surface area (Å²) in [6.45, 7) is 0.523. The Labute approximate surface area is 199 Å². The van der Waals surface area contributed by atoms with Crippen molar-refractivity contribution in [2.75, 3.05) is 39.9 Å². The van der Waals surface area contributed by atoms with Gasteiger partial charge in [-0.2, -0.15) is 0 Å². The van der Waals surface area contributed by atoms with E-state index in [2.05, 4.69) is 5.32 Å². The van der Waals surface area contributed by atoms with E-state index in [-0.39, 0.29) is 31.2 Å². The van der Waals surface area contributed by atoms with Crippen molar-refractivity contribution in [3.8, 4) is 17.2 Å². The number of sulfone groups is 1. The third-order valence-corrected chi connectivity index (χ3v) is 6.75. The number of benzene rings is 2. The van der Waals surface area contributed by atoms with Crippen molar-refractivity contribution in [2.24, 2.45) is 0 Å². The number of fused-ring (bicyclic) bond motifs is 1. The number of rotatable bonds is 11. The van der Waals surface area contributed by atoms with Crippen molar-refractivity contribution < 1.29 is 32.2 Å². The SMILES string of the molecule is COc1ccc(CCNC(=O)[C@@H](CCS(C)(=O)=O)N2Cc3ccccc3C2=O)c(OC)c1OC. The molecule has 0 fully saturated rings. The lowest BCUT2D eigenvalue weighted by molar-refractivity contribution is -0.125. The number of nitrogens with zero attached hydrogens (tertiary/aromatic N) is 1. The zero-order valence-electron chi connectivity index (χ0n) is 19.8. The smallest absolute Gasteiger partial charge is 0.255 e. The lowest BCUT2D eigenvalue weighted by Gasteiger charge is -2.27. The summed E-state index contributed by atoms with van der Waals surface area (Å²) in [5.41, 5.74) is 2.16. The number of carbonyl (C=O) groups is 2.